The van der Waals surface area contributed by atoms with E-state index in [2.05, 4.69) is 14.9 Å². The number of rotatable bonds is 5. The molecule has 5 heteroatoms. The summed E-state index contributed by atoms with van der Waals surface area (Å²) in [5.41, 5.74) is 2.66. The normalized spacial score (nSPS) is 11.2. The second-order valence-corrected chi connectivity index (χ2v) is 5.48. The van der Waals surface area contributed by atoms with Crippen LogP contribution in [0.1, 0.15) is 11.4 Å². The van der Waals surface area contributed by atoms with Gasteiger partial charge in [-0.1, -0.05) is 24.3 Å². The Morgan fingerprint density at radius 3 is 2.92 bits per heavy atom. The number of fused-ring (bicyclic) bond motifs is 1. The van der Waals surface area contributed by atoms with Gasteiger partial charge in [-0.15, -0.1) is 0 Å². The van der Waals surface area contributed by atoms with Crippen LogP contribution in [0.3, 0.4) is 0 Å². The van der Waals surface area contributed by atoms with E-state index < -0.39 is 0 Å². The quantitative estimate of drug-likeness (QED) is 0.732. The molecule has 0 aliphatic carbocycles. The van der Waals surface area contributed by atoms with Crippen LogP contribution in [-0.2, 0) is 11.3 Å². The minimum Gasteiger partial charge on any atom is -0.351 e. The van der Waals surface area contributed by atoms with E-state index in [1.807, 2.05) is 31.2 Å². The van der Waals surface area contributed by atoms with Gasteiger partial charge in [-0.25, -0.2) is 9.37 Å². The Balaban J connectivity index is 1.58. The maximum Gasteiger partial charge on any atom is 0.244 e. The zero-order valence-electron chi connectivity index (χ0n) is 13.4. The number of nitrogens with one attached hydrogen (secondary N) is 1. The summed E-state index contributed by atoms with van der Waals surface area (Å²) in [4.78, 5) is 16.4. The lowest BCUT2D eigenvalue weighted by Crippen LogP contribution is -2.25. The van der Waals surface area contributed by atoms with Gasteiger partial charge < -0.3 is 9.88 Å². The first-order valence-corrected chi connectivity index (χ1v) is 7.77. The van der Waals surface area contributed by atoms with Crippen molar-refractivity contribution >= 4 is 23.0 Å². The number of hydrogen-bond donors (Lipinski definition) is 1. The van der Waals surface area contributed by atoms with Crippen LogP contribution >= 0.6 is 0 Å². The molecule has 0 atom stereocenters. The van der Waals surface area contributed by atoms with Gasteiger partial charge in [-0.2, -0.15) is 0 Å². The first-order chi connectivity index (χ1) is 11.6. The maximum absolute atomic E-state index is 13.1. The third-order valence-electron chi connectivity index (χ3n) is 3.76. The Hall–Kier alpha value is -2.95. The molecule has 1 aromatic heterocycles. The van der Waals surface area contributed by atoms with Gasteiger partial charge >= 0.3 is 0 Å². The second-order valence-electron chi connectivity index (χ2n) is 5.48. The van der Waals surface area contributed by atoms with E-state index in [9.17, 15) is 9.18 Å². The van der Waals surface area contributed by atoms with E-state index >= 15 is 0 Å². The zero-order chi connectivity index (χ0) is 16.9. The summed E-state index contributed by atoms with van der Waals surface area (Å²) in [6, 6.07) is 14.0. The van der Waals surface area contributed by atoms with Gasteiger partial charge in [0.2, 0.25) is 5.91 Å². The number of imidazole rings is 1. The monoisotopic (exact) mass is 323 g/mol. The lowest BCUT2D eigenvalue weighted by Gasteiger charge is -2.07. The molecule has 3 rings (SSSR count). The van der Waals surface area contributed by atoms with Gasteiger partial charge in [-0.3, -0.25) is 4.79 Å². The van der Waals surface area contributed by atoms with Crippen LogP contribution in [0.15, 0.2) is 54.6 Å². The van der Waals surface area contributed by atoms with Gasteiger partial charge in [0.05, 0.1) is 11.0 Å². The second kappa shape index (κ2) is 7.08. The molecule has 0 unspecified atom stereocenters. The predicted molar refractivity (Wildman–Crippen MR) is 92.9 cm³/mol. The average Bonchev–Trinajstić information content (AvgIpc) is 2.89. The number of benzene rings is 2. The fraction of sp³-hybridized carbons (Fsp3) is 0.158. The smallest absolute Gasteiger partial charge is 0.244 e. The van der Waals surface area contributed by atoms with Crippen molar-refractivity contribution in [2.45, 2.75) is 13.5 Å². The standard InChI is InChI=1S/C19H18FN3O/c1-14-22-17-7-2-3-8-18(17)23(14)12-11-21-19(24)10-9-15-5-4-6-16(20)13-15/h2-10,13H,11-12H2,1H3,(H,21,24)/b10-9+. The van der Waals surface area contributed by atoms with E-state index in [1.165, 1.54) is 18.2 Å². The Morgan fingerprint density at radius 2 is 2.08 bits per heavy atom. The molecule has 1 heterocycles. The first-order valence-electron chi connectivity index (χ1n) is 7.77. The fourth-order valence-corrected chi connectivity index (χ4v) is 2.61. The summed E-state index contributed by atoms with van der Waals surface area (Å²) >= 11 is 0. The molecular weight excluding hydrogens is 305 g/mol. The third-order valence-corrected chi connectivity index (χ3v) is 3.76. The van der Waals surface area contributed by atoms with Crippen molar-refractivity contribution < 1.29 is 9.18 Å². The number of hydrogen-bond acceptors (Lipinski definition) is 2. The highest BCUT2D eigenvalue weighted by atomic mass is 19.1. The van der Waals surface area contributed by atoms with E-state index in [0.717, 1.165) is 16.9 Å². The SMILES string of the molecule is Cc1nc2ccccc2n1CCNC(=O)/C=C/c1cccc(F)c1. The van der Waals surface area contributed by atoms with E-state index in [-0.39, 0.29) is 11.7 Å². The van der Waals surface area contributed by atoms with Crippen molar-refractivity contribution in [3.05, 3.63) is 71.8 Å². The van der Waals surface area contributed by atoms with Crippen molar-refractivity contribution in [1.82, 2.24) is 14.9 Å². The van der Waals surface area contributed by atoms with Crippen LogP contribution in [0.2, 0.25) is 0 Å². The summed E-state index contributed by atoms with van der Waals surface area (Å²) in [6.45, 7) is 3.09. The highest BCUT2D eigenvalue weighted by Crippen LogP contribution is 2.14. The Morgan fingerprint density at radius 1 is 1.25 bits per heavy atom. The van der Waals surface area contributed by atoms with Crippen molar-refractivity contribution in [3.8, 4) is 0 Å². The molecule has 0 radical (unpaired) electrons. The minimum atomic E-state index is -0.319. The molecule has 2 aromatic carbocycles. The number of aryl methyl sites for hydroxylation is 1. The number of aromatic nitrogens is 2. The van der Waals surface area contributed by atoms with Crippen molar-refractivity contribution in [2.24, 2.45) is 0 Å². The van der Waals surface area contributed by atoms with Gasteiger partial charge in [0.1, 0.15) is 11.6 Å². The van der Waals surface area contributed by atoms with Crippen LogP contribution in [0.4, 0.5) is 4.39 Å². The molecule has 0 bridgehead atoms. The van der Waals surface area contributed by atoms with E-state index in [4.69, 9.17) is 0 Å². The third kappa shape index (κ3) is 3.68. The molecule has 0 spiro atoms. The summed E-state index contributed by atoms with van der Waals surface area (Å²) in [7, 11) is 0. The number of para-hydroxylation sites is 2. The van der Waals surface area contributed by atoms with Gasteiger partial charge in [0, 0.05) is 19.2 Å². The Labute approximate surface area is 139 Å². The largest absolute Gasteiger partial charge is 0.351 e. The number of halogens is 1. The van der Waals surface area contributed by atoms with Gasteiger partial charge in [-0.05, 0) is 42.8 Å². The topological polar surface area (TPSA) is 46.9 Å². The molecule has 0 saturated carbocycles. The van der Waals surface area contributed by atoms with E-state index in [0.29, 0.717) is 18.7 Å². The van der Waals surface area contributed by atoms with Crippen molar-refractivity contribution in [2.75, 3.05) is 6.54 Å². The van der Waals surface area contributed by atoms with Crippen LogP contribution in [0.25, 0.3) is 17.1 Å². The zero-order valence-corrected chi connectivity index (χ0v) is 13.4. The number of carbonyl (C=O) groups excluding carboxylic acids is 1. The minimum absolute atomic E-state index is 0.207. The number of nitrogens with zero attached hydrogens (tertiary/aromatic N) is 2. The summed E-state index contributed by atoms with van der Waals surface area (Å²) in [5.74, 6) is 0.391. The first kappa shape index (κ1) is 15.9. The molecule has 1 N–H and O–H groups in total. The average molecular weight is 323 g/mol. The van der Waals surface area contributed by atoms with Crippen molar-refractivity contribution in [3.63, 3.8) is 0 Å². The molecule has 4 nitrogen and oxygen atoms in total. The number of carbonyl (C=O) groups is 1. The Kier molecular flexibility index (Phi) is 4.70. The molecular formula is C19H18FN3O. The maximum atomic E-state index is 13.1. The Bertz CT molecular complexity index is 899. The van der Waals surface area contributed by atoms with Crippen LogP contribution in [0, 0.1) is 12.7 Å². The van der Waals surface area contributed by atoms with Crippen LogP contribution in [-0.4, -0.2) is 22.0 Å². The molecule has 1 amide bonds. The lowest BCUT2D eigenvalue weighted by atomic mass is 10.2. The summed E-state index contributed by atoms with van der Waals surface area (Å²) < 4.78 is 15.1. The van der Waals surface area contributed by atoms with Crippen LogP contribution in [0.5, 0.6) is 0 Å². The molecule has 122 valence electrons. The molecule has 0 fully saturated rings. The van der Waals surface area contributed by atoms with E-state index in [1.54, 1.807) is 18.2 Å². The number of amides is 1. The molecule has 0 saturated heterocycles. The molecule has 0 aliphatic heterocycles. The highest BCUT2D eigenvalue weighted by molar-refractivity contribution is 5.91. The lowest BCUT2D eigenvalue weighted by molar-refractivity contribution is -0.116. The highest BCUT2D eigenvalue weighted by Gasteiger charge is 2.06. The fourth-order valence-electron chi connectivity index (χ4n) is 2.61. The van der Waals surface area contributed by atoms with Crippen molar-refractivity contribution in [1.29, 1.82) is 0 Å². The van der Waals surface area contributed by atoms with Crippen LogP contribution < -0.4 is 5.32 Å². The molecule has 3 aromatic rings. The summed E-state index contributed by atoms with van der Waals surface area (Å²) in [5, 5.41) is 2.83. The summed E-state index contributed by atoms with van der Waals surface area (Å²) in [6.07, 6.45) is 3.00. The molecule has 24 heavy (non-hydrogen) atoms. The van der Waals surface area contributed by atoms with Gasteiger partial charge in [0.25, 0.3) is 0 Å². The predicted octanol–water partition coefficient (Wildman–Crippen LogP) is 3.31. The molecule has 0 aliphatic rings. The van der Waals surface area contributed by atoms with Gasteiger partial charge in [0.15, 0.2) is 0 Å².